The van der Waals surface area contributed by atoms with Crippen molar-refractivity contribution in [2.24, 2.45) is 0 Å². The van der Waals surface area contributed by atoms with E-state index in [1.54, 1.807) is 18.2 Å². The zero-order valence-electron chi connectivity index (χ0n) is 16.3. The van der Waals surface area contributed by atoms with Crippen LogP contribution in [0.2, 0.25) is 5.02 Å². The van der Waals surface area contributed by atoms with E-state index in [9.17, 15) is 19.7 Å². The van der Waals surface area contributed by atoms with Gasteiger partial charge in [0.15, 0.2) is 6.17 Å². The topological polar surface area (TPSA) is 79.2 Å². The van der Waals surface area contributed by atoms with Gasteiger partial charge in [-0.1, -0.05) is 35.9 Å². The molecule has 0 bridgehead atoms. The molecule has 0 radical (unpaired) electrons. The Labute approximate surface area is 174 Å². The molecular formula is C22H26ClFO5. The summed E-state index contributed by atoms with van der Waals surface area (Å²) in [6.45, 7) is 3.33. The third kappa shape index (κ3) is 5.08. The quantitative estimate of drug-likeness (QED) is 0.663. The summed E-state index contributed by atoms with van der Waals surface area (Å²) in [7, 11) is 0. The van der Waals surface area contributed by atoms with Gasteiger partial charge in [0.05, 0.1) is 12.7 Å². The van der Waals surface area contributed by atoms with Gasteiger partial charge in [-0.2, -0.15) is 0 Å². The number of halogens is 2. The van der Waals surface area contributed by atoms with Gasteiger partial charge in [-0.15, -0.1) is 0 Å². The van der Waals surface area contributed by atoms with Crippen molar-refractivity contribution in [3.63, 3.8) is 0 Å². The Morgan fingerprint density at radius 3 is 2.41 bits per heavy atom. The maximum atomic E-state index is 14.0. The lowest BCUT2D eigenvalue weighted by Gasteiger charge is -2.39. The molecule has 1 saturated heterocycles. The van der Waals surface area contributed by atoms with Crippen LogP contribution in [0.5, 0.6) is 5.75 Å². The molecule has 0 spiro atoms. The number of hydrogen-bond acceptors (Lipinski definition) is 5. The molecule has 1 fully saturated rings. The summed E-state index contributed by atoms with van der Waals surface area (Å²) >= 11 is 6.35. The third-order valence-corrected chi connectivity index (χ3v) is 5.30. The van der Waals surface area contributed by atoms with Crippen molar-refractivity contribution in [1.29, 1.82) is 0 Å². The smallest absolute Gasteiger partial charge is 0.157 e. The van der Waals surface area contributed by atoms with E-state index in [0.717, 1.165) is 16.9 Å². The van der Waals surface area contributed by atoms with E-state index < -0.39 is 37.2 Å². The summed E-state index contributed by atoms with van der Waals surface area (Å²) in [6.07, 6.45) is -6.49. The maximum absolute atomic E-state index is 14.0. The predicted octanol–water partition coefficient (Wildman–Crippen LogP) is 3.21. The van der Waals surface area contributed by atoms with Crippen molar-refractivity contribution in [3.05, 3.63) is 64.2 Å². The fourth-order valence-corrected chi connectivity index (χ4v) is 3.62. The van der Waals surface area contributed by atoms with E-state index in [4.69, 9.17) is 21.1 Å². The first-order valence-corrected chi connectivity index (χ1v) is 9.98. The van der Waals surface area contributed by atoms with Gasteiger partial charge < -0.3 is 24.8 Å². The minimum absolute atomic E-state index is 0.0934. The Balaban J connectivity index is 1.81. The van der Waals surface area contributed by atoms with E-state index in [2.05, 4.69) is 0 Å². The van der Waals surface area contributed by atoms with Crippen molar-refractivity contribution in [2.45, 2.75) is 57.0 Å². The fraction of sp³-hybridized carbons (Fsp3) is 0.455. The molecule has 158 valence electrons. The van der Waals surface area contributed by atoms with Crippen LogP contribution in [-0.4, -0.2) is 52.5 Å². The van der Waals surface area contributed by atoms with Crippen molar-refractivity contribution < 1.29 is 29.2 Å². The number of alkyl halides is 1. The third-order valence-electron chi connectivity index (χ3n) is 4.93. The molecule has 1 heterocycles. The van der Waals surface area contributed by atoms with Crippen LogP contribution in [0.4, 0.5) is 4.39 Å². The highest BCUT2D eigenvalue weighted by atomic mass is 35.5. The molecule has 5 nitrogen and oxygen atoms in total. The Morgan fingerprint density at radius 2 is 1.79 bits per heavy atom. The summed E-state index contributed by atoms with van der Waals surface area (Å²) in [4.78, 5) is 0. The first-order chi connectivity index (χ1) is 13.8. The first kappa shape index (κ1) is 22.0. The minimum Gasteiger partial charge on any atom is -0.491 e. The Kier molecular flexibility index (Phi) is 7.14. The second kappa shape index (κ2) is 9.41. The summed E-state index contributed by atoms with van der Waals surface area (Å²) in [6, 6.07) is 12.8. The maximum Gasteiger partial charge on any atom is 0.157 e. The monoisotopic (exact) mass is 424 g/mol. The number of aliphatic hydroxyl groups is 3. The Morgan fingerprint density at radius 1 is 1.10 bits per heavy atom. The molecule has 3 N–H and O–H groups in total. The van der Waals surface area contributed by atoms with Gasteiger partial charge in [0.2, 0.25) is 0 Å². The second-order valence-corrected chi connectivity index (χ2v) is 7.95. The average molecular weight is 425 g/mol. The molecule has 0 aromatic heterocycles. The summed E-state index contributed by atoms with van der Waals surface area (Å²) in [5.41, 5.74) is 2.37. The molecular weight excluding hydrogens is 399 g/mol. The standard InChI is InChI=1S/C22H26ClFO5/c1-12(2)28-16-6-3-13(4-7-16)9-15-10-14(5-8-17(15)23)22-21(27)20(26)19(24)18(11-25)29-22/h3-8,10,12,18-22,25-27H,9,11H2,1-2H3. The van der Waals surface area contributed by atoms with Gasteiger partial charge in [-0.25, -0.2) is 4.39 Å². The van der Waals surface area contributed by atoms with Gasteiger partial charge >= 0.3 is 0 Å². The van der Waals surface area contributed by atoms with Gasteiger partial charge in [0.25, 0.3) is 0 Å². The molecule has 29 heavy (non-hydrogen) atoms. The summed E-state index contributed by atoms with van der Waals surface area (Å²) in [5.74, 6) is 0.784. The van der Waals surface area contributed by atoms with Crippen molar-refractivity contribution in [1.82, 2.24) is 0 Å². The van der Waals surface area contributed by atoms with Crippen LogP contribution in [0, 0.1) is 0 Å². The predicted molar refractivity (Wildman–Crippen MR) is 108 cm³/mol. The van der Waals surface area contributed by atoms with E-state index >= 15 is 0 Å². The minimum atomic E-state index is -1.86. The average Bonchev–Trinajstić information content (AvgIpc) is 2.69. The molecule has 5 unspecified atom stereocenters. The lowest BCUT2D eigenvalue weighted by molar-refractivity contribution is -0.214. The van der Waals surface area contributed by atoms with Gasteiger partial charge in [0.1, 0.15) is 30.2 Å². The number of benzene rings is 2. The van der Waals surface area contributed by atoms with Crippen LogP contribution in [0.3, 0.4) is 0 Å². The number of hydrogen-bond donors (Lipinski definition) is 3. The van der Waals surface area contributed by atoms with Gasteiger partial charge in [0, 0.05) is 5.02 Å². The summed E-state index contributed by atoms with van der Waals surface area (Å²) < 4.78 is 25.2. The second-order valence-electron chi connectivity index (χ2n) is 7.54. The molecule has 1 aliphatic heterocycles. The SMILES string of the molecule is CC(C)Oc1ccc(Cc2cc(C3OC(CO)C(F)C(O)C3O)ccc2Cl)cc1. The van der Waals surface area contributed by atoms with E-state index in [1.807, 2.05) is 38.1 Å². The largest absolute Gasteiger partial charge is 0.491 e. The molecule has 7 heteroatoms. The van der Waals surface area contributed by atoms with Crippen molar-refractivity contribution in [3.8, 4) is 5.75 Å². The molecule has 0 aliphatic carbocycles. The van der Waals surface area contributed by atoms with E-state index in [1.165, 1.54) is 0 Å². The van der Waals surface area contributed by atoms with Crippen LogP contribution in [0.1, 0.15) is 36.6 Å². The molecule has 1 aliphatic rings. The van der Waals surface area contributed by atoms with Crippen LogP contribution in [0.15, 0.2) is 42.5 Å². The van der Waals surface area contributed by atoms with Gasteiger partial charge in [-0.3, -0.25) is 0 Å². The zero-order chi connectivity index (χ0) is 21.1. The Bertz CT molecular complexity index is 811. The van der Waals surface area contributed by atoms with Crippen LogP contribution in [-0.2, 0) is 11.2 Å². The molecule has 5 atom stereocenters. The molecule has 2 aromatic rings. The van der Waals surface area contributed by atoms with Crippen LogP contribution in [0.25, 0.3) is 0 Å². The lowest BCUT2D eigenvalue weighted by Crippen LogP contribution is -2.53. The summed E-state index contributed by atoms with van der Waals surface area (Å²) in [5, 5.41) is 30.1. The highest BCUT2D eigenvalue weighted by molar-refractivity contribution is 6.31. The van der Waals surface area contributed by atoms with Crippen LogP contribution >= 0.6 is 11.6 Å². The highest BCUT2D eigenvalue weighted by Crippen LogP contribution is 2.35. The van der Waals surface area contributed by atoms with E-state index in [0.29, 0.717) is 17.0 Å². The van der Waals surface area contributed by atoms with Crippen molar-refractivity contribution >= 4 is 11.6 Å². The Hall–Kier alpha value is -1.70. The first-order valence-electron chi connectivity index (χ1n) is 9.60. The number of rotatable bonds is 6. The normalized spacial score (nSPS) is 27.2. The van der Waals surface area contributed by atoms with Crippen LogP contribution < -0.4 is 4.74 Å². The number of aliphatic hydroxyl groups excluding tert-OH is 3. The molecule has 0 amide bonds. The lowest BCUT2D eigenvalue weighted by atomic mass is 9.90. The molecule has 0 saturated carbocycles. The van der Waals surface area contributed by atoms with Crippen molar-refractivity contribution in [2.75, 3.05) is 6.61 Å². The molecule has 2 aromatic carbocycles. The zero-order valence-corrected chi connectivity index (χ0v) is 17.1. The van der Waals surface area contributed by atoms with Gasteiger partial charge in [-0.05, 0) is 55.2 Å². The fourth-order valence-electron chi connectivity index (χ4n) is 3.44. The van der Waals surface area contributed by atoms with E-state index in [-0.39, 0.29) is 6.10 Å². The number of ether oxygens (including phenoxy) is 2. The molecule has 3 rings (SSSR count). The highest BCUT2D eigenvalue weighted by Gasteiger charge is 2.45.